The van der Waals surface area contributed by atoms with E-state index in [1.807, 2.05) is 0 Å². The van der Waals surface area contributed by atoms with E-state index in [1.54, 1.807) is 13.8 Å². The Labute approximate surface area is 124 Å². The number of carboxylic acid groups (broad SMARTS) is 1. The molecule has 6 nitrogen and oxygen atoms in total. The van der Waals surface area contributed by atoms with Crippen LogP contribution >= 0.6 is 0 Å². The van der Waals surface area contributed by atoms with Crippen LogP contribution in [-0.2, 0) is 10.0 Å². The summed E-state index contributed by atoms with van der Waals surface area (Å²) in [5.41, 5.74) is -0.174. The number of carboxylic acids is 1. The summed E-state index contributed by atoms with van der Waals surface area (Å²) in [6.45, 7) is 7.67. The fraction of sp³-hybridized carbons (Fsp3) is 0.357. The van der Waals surface area contributed by atoms with Gasteiger partial charge in [0.05, 0.1) is 11.5 Å². The zero-order chi connectivity index (χ0) is 16.0. The lowest BCUT2D eigenvalue weighted by Gasteiger charge is -2.19. The van der Waals surface area contributed by atoms with Gasteiger partial charge in [-0.2, -0.15) is 4.31 Å². The number of hydrogen-bond donors (Lipinski definition) is 1. The molecule has 1 N–H and O–H groups in total. The molecule has 1 aromatic carbocycles. The molecule has 0 spiro atoms. The lowest BCUT2D eigenvalue weighted by Crippen LogP contribution is -2.31. The van der Waals surface area contributed by atoms with Crippen molar-refractivity contribution in [2.45, 2.75) is 18.7 Å². The van der Waals surface area contributed by atoms with Crippen molar-refractivity contribution >= 4 is 16.0 Å². The fourth-order valence-corrected chi connectivity index (χ4v) is 3.25. The van der Waals surface area contributed by atoms with Crippen LogP contribution in [-0.4, -0.2) is 43.5 Å². The van der Waals surface area contributed by atoms with E-state index in [-0.39, 0.29) is 29.3 Å². The zero-order valence-electron chi connectivity index (χ0n) is 12.1. The summed E-state index contributed by atoms with van der Waals surface area (Å²) in [5.74, 6) is -1.09. The molecule has 0 saturated carbocycles. The highest BCUT2D eigenvalue weighted by Gasteiger charge is 2.24. The lowest BCUT2D eigenvalue weighted by atomic mass is 10.2. The van der Waals surface area contributed by atoms with Gasteiger partial charge in [-0.15, -0.1) is 6.58 Å². The summed E-state index contributed by atoms with van der Waals surface area (Å²) in [5, 5.41) is 9.18. The highest BCUT2D eigenvalue weighted by Crippen LogP contribution is 2.25. The first-order chi connectivity index (χ1) is 9.88. The van der Waals surface area contributed by atoms with Gasteiger partial charge in [0.25, 0.3) is 0 Å². The minimum atomic E-state index is -3.76. The number of rotatable bonds is 8. The molecule has 0 fully saturated rings. The Kier molecular flexibility index (Phi) is 5.92. The standard InChI is InChI=1S/C14H19NO5S/c1-4-9-15(5-2)21(18,19)11-7-8-13(20-6-3)12(10-11)14(16)17/h4,7-8,10H,1,5-6,9H2,2-3H3,(H,16,17). The van der Waals surface area contributed by atoms with Crippen LogP contribution in [0.3, 0.4) is 0 Å². The average Bonchev–Trinajstić information content (AvgIpc) is 2.44. The van der Waals surface area contributed by atoms with Crippen molar-refractivity contribution in [2.24, 2.45) is 0 Å². The molecule has 0 saturated heterocycles. The topological polar surface area (TPSA) is 83.9 Å². The number of likely N-dealkylation sites (N-methyl/N-ethyl adjacent to an activating group) is 1. The van der Waals surface area contributed by atoms with Crippen LogP contribution in [0.25, 0.3) is 0 Å². The number of benzene rings is 1. The normalized spacial score (nSPS) is 11.4. The van der Waals surface area contributed by atoms with Gasteiger partial charge in [-0.25, -0.2) is 13.2 Å². The molecule has 0 aliphatic rings. The summed E-state index contributed by atoms with van der Waals surface area (Å²) < 4.78 is 31.3. The van der Waals surface area contributed by atoms with E-state index >= 15 is 0 Å². The largest absolute Gasteiger partial charge is 0.493 e. The third-order valence-corrected chi connectivity index (χ3v) is 4.74. The quantitative estimate of drug-likeness (QED) is 0.742. The van der Waals surface area contributed by atoms with Gasteiger partial charge >= 0.3 is 5.97 Å². The molecule has 0 unspecified atom stereocenters. The molecule has 7 heteroatoms. The van der Waals surface area contributed by atoms with Crippen molar-refractivity contribution in [3.8, 4) is 5.75 Å². The van der Waals surface area contributed by atoms with Crippen molar-refractivity contribution in [3.63, 3.8) is 0 Å². The molecule has 21 heavy (non-hydrogen) atoms. The third kappa shape index (κ3) is 3.83. The highest BCUT2D eigenvalue weighted by atomic mass is 32.2. The summed E-state index contributed by atoms with van der Waals surface area (Å²) >= 11 is 0. The Bertz CT molecular complexity index is 624. The van der Waals surface area contributed by atoms with Crippen LogP contribution in [0.1, 0.15) is 24.2 Å². The van der Waals surface area contributed by atoms with Gasteiger partial charge in [-0.3, -0.25) is 0 Å². The van der Waals surface area contributed by atoms with E-state index < -0.39 is 16.0 Å². The van der Waals surface area contributed by atoms with E-state index in [4.69, 9.17) is 4.74 Å². The highest BCUT2D eigenvalue weighted by molar-refractivity contribution is 7.89. The molecular formula is C14H19NO5S. The second-order valence-corrected chi connectivity index (χ2v) is 6.08. The van der Waals surface area contributed by atoms with Gasteiger partial charge in [-0.05, 0) is 25.1 Å². The van der Waals surface area contributed by atoms with E-state index in [0.29, 0.717) is 6.61 Å². The van der Waals surface area contributed by atoms with Gasteiger partial charge in [-0.1, -0.05) is 13.0 Å². The predicted molar refractivity (Wildman–Crippen MR) is 79.2 cm³/mol. The van der Waals surface area contributed by atoms with Crippen LogP contribution < -0.4 is 4.74 Å². The summed E-state index contributed by atoms with van der Waals surface area (Å²) in [6, 6.07) is 3.83. The monoisotopic (exact) mass is 313 g/mol. The molecule has 0 aliphatic carbocycles. The van der Waals surface area contributed by atoms with Gasteiger partial charge in [0.2, 0.25) is 10.0 Å². The Balaban J connectivity index is 3.34. The summed E-state index contributed by atoms with van der Waals surface area (Å²) in [4.78, 5) is 11.2. The SMILES string of the molecule is C=CCN(CC)S(=O)(=O)c1ccc(OCC)c(C(=O)O)c1. The first kappa shape index (κ1) is 17.2. The van der Waals surface area contributed by atoms with Crippen molar-refractivity contribution in [1.29, 1.82) is 0 Å². The molecule has 0 atom stereocenters. The lowest BCUT2D eigenvalue weighted by molar-refractivity contribution is 0.0692. The van der Waals surface area contributed by atoms with Gasteiger partial charge in [0.15, 0.2) is 0 Å². The first-order valence-corrected chi connectivity index (χ1v) is 7.93. The minimum absolute atomic E-state index is 0.0768. The second-order valence-electron chi connectivity index (χ2n) is 4.14. The molecular weight excluding hydrogens is 294 g/mol. The summed E-state index contributed by atoms with van der Waals surface area (Å²) in [6.07, 6.45) is 1.48. The molecule has 1 rings (SSSR count). The van der Waals surface area contributed by atoms with Crippen LogP contribution in [0.4, 0.5) is 0 Å². The average molecular weight is 313 g/mol. The van der Waals surface area contributed by atoms with Crippen molar-refractivity contribution in [3.05, 3.63) is 36.4 Å². The summed E-state index contributed by atoms with van der Waals surface area (Å²) in [7, 11) is -3.76. The number of hydrogen-bond acceptors (Lipinski definition) is 4. The maximum Gasteiger partial charge on any atom is 0.339 e. The molecule has 1 aromatic rings. The predicted octanol–water partition coefficient (Wildman–Crippen LogP) is 1.98. The maximum absolute atomic E-state index is 12.4. The zero-order valence-corrected chi connectivity index (χ0v) is 12.9. The van der Waals surface area contributed by atoms with Crippen molar-refractivity contribution in [1.82, 2.24) is 4.31 Å². The molecule has 0 heterocycles. The first-order valence-electron chi connectivity index (χ1n) is 6.49. The number of aromatic carboxylic acids is 1. The number of sulfonamides is 1. The van der Waals surface area contributed by atoms with E-state index in [0.717, 1.165) is 6.07 Å². The molecule has 0 bridgehead atoms. The Hall–Kier alpha value is -1.86. The smallest absolute Gasteiger partial charge is 0.339 e. The third-order valence-electron chi connectivity index (χ3n) is 2.80. The second kappa shape index (κ2) is 7.24. The number of ether oxygens (including phenoxy) is 1. The minimum Gasteiger partial charge on any atom is -0.493 e. The molecule has 0 aromatic heterocycles. The molecule has 0 aliphatic heterocycles. The van der Waals surface area contributed by atoms with Crippen molar-refractivity contribution < 1.29 is 23.1 Å². The Morgan fingerprint density at radius 1 is 1.43 bits per heavy atom. The van der Waals surface area contributed by atoms with Gasteiger partial charge in [0.1, 0.15) is 11.3 Å². The van der Waals surface area contributed by atoms with E-state index in [1.165, 1.54) is 22.5 Å². The van der Waals surface area contributed by atoms with Crippen LogP contribution in [0.15, 0.2) is 35.7 Å². The molecule has 0 radical (unpaired) electrons. The van der Waals surface area contributed by atoms with Crippen LogP contribution in [0.5, 0.6) is 5.75 Å². The van der Waals surface area contributed by atoms with Crippen molar-refractivity contribution in [2.75, 3.05) is 19.7 Å². The van der Waals surface area contributed by atoms with Gasteiger partial charge in [0, 0.05) is 13.1 Å². The number of carbonyl (C=O) groups is 1. The molecule has 0 amide bonds. The maximum atomic E-state index is 12.4. The van der Waals surface area contributed by atoms with E-state index in [9.17, 15) is 18.3 Å². The fourth-order valence-electron chi connectivity index (χ4n) is 1.81. The van der Waals surface area contributed by atoms with Crippen LogP contribution in [0.2, 0.25) is 0 Å². The Morgan fingerprint density at radius 3 is 2.57 bits per heavy atom. The van der Waals surface area contributed by atoms with Gasteiger partial charge < -0.3 is 9.84 Å². The molecule has 116 valence electrons. The number of nitrogens with zero attached hydrogens (tertiary/aromatic N) is 1. The van der Waals surface area contributed by atoms with E-state index in [2.05, 4.69) is 6.58 Å². The van der Waals surface area contributed by atoms with Crippen LogP contribution in [0, 0.1) is 0 Å². The Morgan fingerprint density at radius 2 is 2.10 bits per heavy atom.